The lowest BCUT2D eigenvalue weighted by Gasteiger charge is -2.05. The third-order valence-electron chi connectivity index (χ3n) is 2.99. The number of nitriles is 1. The van der Waals surface area contributed by atoms with Crippen LogP contribution in [0.1, 0.15) is 25.3 Å². The second kappa shape index (κ2) is 5.53. The fraction of sp³-hybridized carbons (Fsp3) is 0.286. The smallest absolute Gasteiger partial charge is 0.140 e. The van der Waals surface area contributed by atoms with E-state index in [-0.39, 0.29) is 5.56 Å². The fourth-order valence-corrected chi connectivity index (χ4v) is 1.88. The lowest BCUT2D eigenvalue weighted by molar-refractivity contribution is 0.624. The molecule has 2 N–H and O–H groups in total. The van der Waals surface area contributed by atoms with Crippen molar-refractivity contribution >= 4 is 5.82 Å². The van der Waals surface area contributed by atoms with E-state index >= 15 is 0 Å². The van der Waals surface area contributed by atoms with Gasteiger partial charge in [-0.25, -0.2) is 9.37 Å². The summed E-state index contributed by atoms with van der Waals surface area (Å²) in [4.78, 5) is 4.25. The highest BCUT2D eigenvalue weighted by Gasteiger charge is 2.11. The number of rotatable bonds is 4. The number of benzene rings is 1. The van der Waals surface area contributed by atoms with E-state index in [1.165, 1.54) is 12.1 Å². The summed E-state index contributed by atoms with van der Waals surface area (Å²) in [7, 11) is 0. The molecule has 0 unspecified atom stereocenters. The highest BCUT2D eigenvalue weighted by atomic mass is 19.1. The van der Waals surface area contributed by atoms with E-state index in [0.29, 0.717) is 17.1 Å². The van der Waals surface area contributed by atoms with Crippen molar-refractivity contribution < 1.29 is 4.39 Å². The maximum Gasteiger partial charge on any atom is 0.140 e. The third kappa shape index (κ3) is 2.58. The number of anilines is 1. The Kier molecular flexibility index (Phi) is 3.81. The van der Waals surface area contributed by atoms with Gasteiger partial charge in [0.15, 0.2) is 0 Å². The summed E-state index contributed by atoms with van der Waals surface area (Å²) < 4.78 is 15.1. The molecule has 1 heterocycles. The SMILES string of the molecule is CCCCn1cnc(-c2ccc(F)c(C#N)c2)c1N. The van der Waals surface area contributed by atoms with E-state index in [4.69, 9.17) is 11.0 Å². The number of nitrogen functional groups attached to an aromatic ring is 1. The molecule has 1 aromatic carbocycles. The van der Waals surface area contributed by atoms with Crippen molar-refractivity contribution in [3.63, 3.8) is 0 Å². The molecule has 98 valence electrons. The molecule has 2 rings (SSSR count). The van der Waals surface area contributed by atoms with Gasteiger partial charge in [-0.05, 0) is 24.6 Å². The van der Waals surface area contributed by atoms with Gasteiger partial charge in [-0.1, -0.05) is 13.3 Å². The maximum absolute atomic E-state index is 13.3. The van der Waals surface area contributed by atoms with Gasteiger partial charge in [0, 0.05) is 12.1 Å². The normalized spacial score (nSPS) is 10.4. The van der Waals surface area contributed by atoms with E-state index < -0.39 is 5.82 Å². The Bertz CT molecular complexity index is 625. The van der Waals surface area contributed by atoms with Crippen LogP contribution in [0.15, 0.2) is 24.5 Å². The molecule has 0 fully saturated rings. The second-order valence-corrected chi connectivity index (χ2v) is 4.33. The molecule has 19 heavy (non-hydrogen) atoms. The lowest BCUT2D eigenvalue weighted by Crippen LogP contribution is -2.02. The summed E-state index contributed by atoms with van der Waals surface area (Å²) in [5.74, 6) is 0.0131. The van der Waals surface area contributed by atoms with Crippen molar-refractivity contribution in [1.82, 2.24) is 9.55 Å². The van der Waals surface area contributed by atoms with Crippen molar-refractivity contribution in [3.05, 3.63) is 35.9 Å². The Morgan fingerprint density at radius 3 is 2.95 bits per heavy atom. The zero-order chi connectivity index (χ0) is 13.8. The molecule has 5 heteroatoms. The summed E-state index contributed by atoms with van der Waals surface area (Å²) in [6.45, 7) is 2.91. The number of halogens is 1. The van der Waals surface area contributed by atoms with Gasteiger partial charge in [0.05, 0.1) is 11.9 Å². The van der Waals surface area contributed by atoms with Crippen LogP contribution >= 0.6 is 0 Å². The summed E-state index contributed by atoms with van der Waals surface area (Å²) in [6.07, 6.45) is 3.77. The molecule has 0 aliphatic heterocycles. The molecule has 0 bridgehead atoms. The number of aryl methyl sites for hydroxylation is 1. The molecule has 0 saturated heterocycles. The Morgan fingerprint density at radius 2 is 2.26 bits per heavy atom. The number of aromatic nitrogens is 2. The Morgan fingerprint density at radius 1 is 1.47 bits per heavy atom. The van der Waals surface area contributed by atoms with Gasteiger partial charge in [-0.3, -0.25) is 0 Å². The van der Waals surface area contributed by atoms with Crippen molar-refractivity contribution in [1.29, 1.82) is 5.26 Å². The van der Waals surface area contributed by atoms with Crippen molar-refractivity contribution in [2.75, 3.05) is 5.73 Å². The molecule has 0 aliphatic carbocycles. The zero-order valence-electron chi connectivity index (χ0n) is 10.7. The van der Waals surface area contributed by atoms with Crippen LogP contribution in [0, 0.1) is 17.1 Å². The summed E-state index contributed by atoms with van der Waals surface area (Å²) in [6, 6.07) is 6.13. The maximum atomic E-state index is 13.3. The minimum absolute atomic E-state index is 0.00000758. The van der Waals surface area contributed by atoms with Crippen LogP contribution in [0.3, 0.4) is 0 Å². The predicted octanol–water partition coefficient (Wildman–Crippen LogP) is 2.94. The molecule has 0 atom stereocenters. The predicted molar refractivity (Wildman–Crippen MR) is 71.7 cm³/mol. The molecule has 0 radical (unpaired) electrons. The van der Waals surface area contributed by atoms with Crippen molar-refractivity contribution in [2.24, 2.45) is 0 Å². The van der Waals surface area contributed by atoms with Crippen LogP contribution in [0.4, 0.5) is 10.2 Å². The third-order valence-corrected chi connectivity index (χ3v) is 2.99. The van der Waals surface area contributed by atoms with Gasteiger partial charge in [-0.15, -0.1) is 0 Å². The van der Waals surface area contributed by atoms with Gasteiger partial charge in [-0.2, -0.15) is 5.26 Å². The average molecular weight is 258 g/mol. The summed E-state index contributed by atoms with van der Waals surface area (Å²) in [5.41, 5.74) is 7.28. The average Bonchev–Trinajstić information content (AvgIpc) is 2.78. The van der Waals surface area contributed by atoms with E-state index in [9.17, 15) is 4.39 Å². The van der Waals surface area contributed by atoms with Gasteiger partial charge in [0.2, 0.25) is 0 Å². The molecule has 4 nitrogen and oxygen atoms in total. The molecular weight excluding hydrogens is 243 g/mol. The van der Waals surface area contributed by atoms with Crippen LogP contribution in [0.25, 0.3) is 11.3 Å². The molecule has 0 spiro atoms. The van der Waals surface area contributed by atoms with E-state index in [0.717, 1.165) is 19.4 Å². The van der Waals surface area contributed by atoms with Crippen LogP contribution in [-0.2, 0) is 6.54 Å². The van der Waals surface area contributed by atoms with Crippen LogP contribution < -0.4 is 5.73 Å². The minimum Gasteiger partial charge on any atom is -0.383 e. The molecule has 2 aromatic rings. The Labute approximate surface area is 111 Å². The highest BCUT2D eigenvalue weighted by Crippen LogP contribution is 2.26. The van der Waals surface area contributed by atoms with Crippen LogP contribution in [0.5, 0.6) is 0 Å². The first-order valence-electron chi connectivity index (χ1n) is 6.18. The Balaban J connectivity index is 2.37. The lowest BCUT2D eigenvalue weighted by atomic mass is 10.1. The first kappa shape index (κ1) is 13.1. The van der Waals surface area contributed by atoms with Crippen LogP contribution in [-0.4, -0.2) is 9.55 Å². The number of imidazole rings is 1. The second-order valence-electron chi connectivity index (χ2n) is 4.33. The quantitative estimate of drug-likeness (QED) is 0.916. The number of hydrogen-bond donors (Lipinski definition) is 1. The molecule has 0 amide bonds. The van der Waals surface area contributed by atoms with E-state index in [2.05, 4.69) is 11.9 Å². The molecule has 1 aromatic heterocycles. The largest absolute Gasteiger partial charge is 0.383 e. The summed E-state index contributed by atoms with van der Waals surface area (Å²) in [5, 5.41) is 8.83. The molecule has 0 aliphatic rings. The van der Waals surface area contributed by atoms with Crippen LogP contribution in [0.2, 0.25) is 0 Å². The van der Waals surface area contributed by atoms with Gasteiger partial charge in [0.25, 0.3) is 0 Å². The monoisotopic (exact) mass is 258 g/mol. The first-order valence-corrected chi connectivity index (χ1v) is 6.18. The van der Waals surface area contributed by atoms with Crippen molar-refractivity contribution in [2.45, 2.75) is 26.3 Å². The fourth-order valence-electron chi connectivity index (χ4n) is 1.88. The van der Waals surface area contributed by atoms with Gasteiger partial charge < -0.3 is 10.3 Å². The highest BCUT2D eigenvalue weighted by molar-refractivity contribution is 5.71. The number of nitrogens with two attached hydrogens (primary N) is 1. The summed E-state index contributed by atoms with van der Waals surface area (Å²) >= 11 is 0. The van der Waals surface area contributed by atoms with E-state index in [1.54, 1.807) is 12.4 Å². The first-order chi connectivity index (χ1) is 9.17. The van der Waals surface area contributed by atoms with Crippen molar-refractivity contribution in [3.8, 4) is 17.3 Å². The molecule has 0 saturated carbocycles. The molecular formula is C14H15FN4. The zero-order valence-corrected chi connectivity index (χ0v) is 10.7. The van der Waals surface area contributed by atoms with Gasteiger partial charge >= 0.3 is 0 Å². The van der Waals surface area contributed by atoms with Gasteiger partial charge in [0.1, 0.15) is 23.4 Å². The minimum atomic E-state index is -0.532. The number of nitrogens with zero attached hydrogens (tertiary/aromatic N) is 3. The standard InChI is InChI=1S/C14H15FN4/c1-2-3-6-19-9-18-13(14(19)17)10-4-5-12(15)11(7-10)8-16/h4-5,7,9H,2-3,6,17H2,1H3. The number of unbranched alkanes of at least 4 members (excludes halogenated alkanes) is 1. The topological polar surface area (TPSA) is 67.6 Å². The number of hydrogen-bond acceptors (Lipinski definition) is 3. The Hall–Kier alpha value is -2.35. The van der Waals surface area contributed by atoms with E-state index in [1.807, 2.05) is 10.6 Å².